The molecule has 6 nitrogen and oxygen atoms in total. The Morgan fingerprint density at radius 3 is 1.74 bits per heavy atom. The van der Waals surface area contributed by atoms with E-state index >= 15 is 0 Å². The summed E-state index contributed by atoms with van der Waals surface area (Å²) in [6, 6.07) is 25.0. The molecule has 0 atom stereocenters. The van der Waals surface area contributed by atoms with Crippen molar-refractivity contribution in [3.63, 3.8) is 0 Å². The molecule has 4 rings (SSSR count). The molecule has 0 radical (unpaired) electrons. The molecule has 0 saturated carbocycles. The van der Waals surface area contributed by atoms with Crippen LogP contribution in [0.3, 0.4) is 0 Å². The van der Waals surface area contributed by atoms with Gasteiger partial charge in [0.1, 0.15) is 11.5 Å². The van der Waals surface area contributed by atoms with E-state index in [1.54, 1.807) is 0 Å². The van der Waals surface area contributed by atoms with Crippen molar-refractivity contribution in [1.82, 2.24) is 0 Å². The summed E-state index contributed by atoms with van der Waals surface area (Å²) < 4.78 is 81.8. The lowest BCUT2D eigenvalue weighted by Gasteiger charge is -2.29. The topological polar surface area (TPSA) is 96.8 Å². The lowest BCUT2D eigenvalue weighted by atomic mass is 9.79. The highest BCUT2D eigenvalue weighted by atomic mass is 19.4. The van der Waals surface area contributed by atoms with Crippen molar-refractivity contribution in [2.24, 2.45) is 5.41 Å². The number of nitrogens with two attached hydrogens (primary N) is 2. The number of hydrogen-bond donors (Lipinski definition) is 2. The van der Waals surface area contributed by atoms with Gasteiger partial charge in [-0.2, -0.15) is 22.0 Å². The Bertz CT molecular complexity index is 1570. The summed E-state index contributed by atoms with van der Waals surface area (Å²) in [6.45, 7) is 1.54. The second-order valence-corrected chi connectivity index (χ2v) is 11.5. The van der Waals surface area contributed by atoms with Gasteiger partial charge < -0.3 is 25.7 Å². The minimum absolute atomic E-state index is 0.0247. The van der Waals surface area contributed by atoms with Crippen LogP contribution in [0.4, 0.5) is 33.3 Å². The summed E-state index contributed by atoms with van der Waals surface area (Å²) in [5, 5.41) is 0. The van der Waals surface area contributed by atoms with Crippen molar-refractivity contribution in [2.75, 3.05) is 24.7 Å². The largest absolute Gasteiger partial charge is 0.493 e. The first-order valence-electron chi connectivity index (χ1n) is 14.7. The number of anilines is 2. The summed E-state index contributed by atoms with van der Waals surface area (Å²) in [4.78, 5) is 12.7. The Hall–Kier alpha value is -5.06. The van der Waals surface area contributed by atoms with Crippen LogP contribution in [0.2, 0.25) is 0 Å². The van der Waals surface area contributed by atoms with E-state index in [1.165, 1.54) is 36.4 Å². The predicted molar refractivity (Wildman–Crippen MR) is 171 cm³/mol. The number of benzene rings is 4. The zero-order chi connectivity index (χ0) is 34.1. The minimum Gasteiger partial charge on any atom is -0.493 e. The molecule has 0 aromatic heterocycles. The van der Waals surface area contributed by atoms with Crippen LogP contribution in [-0.4, -0.2) is 25.4 Å². The third kappa shape index (κ3) is 11.4. The molecule has 0 bridgehead atoms. The van der Waals surface area contributed by atoms with E-state index in [1.807, 2.05) is 55.5 Å². The zero-order valence-electron chi connectivity index (χ0n) is 25.6. The molecular weight excluding hydrogens is 619 g/mol. The minimum atomic E-state index is -4.38. The molecule has 0 aliphatic carbocycles. The van der Waals surface area contributed by atoms with Crippen LogP contribution < -0.4 is 20.9 Å². The summed E-state index contributed by atoms with van der Waals surface area (Å²) in [5.74, 6) is -0.679. The third-order valence-electron chi connectivity index (χ3n) is 7.17. The van der Waals surface area contributed by atoms with Gasteiger partial charge in [0, 0.05) is 22.9 Å². The van der Waals surface area contributed by atoms with Gasteiger partial charge in [0.25, 0.3) is 0 Å². The third-order valence-corrected chi connectivity index (χ3v) is 7.17. The van der Waals surface area contributed by atoms with Gasteiger partial charge in [-0.15, -0.1) is 0 Å². The number of alkyl halides is 5. The number of ether oxygens (including phenoxy) is 3. The average Bonchev–Trinajstić information content (AvgIpc) is 3.01. The van der Waals surface area contributed by atoms with Crippen LogP contribution in [0, 0.1) is 5.41 Å². The van der Waals surface area contributed by atoms with E-state index in [4.69, 9.17) is 25.7 Å². The maximum absolute atomic E-state index is 14.7. The van der Waals surface area contributed by atoms with Gasteiger partial charge in [0.05, 0.1) is 25.2 Å². The number of carbonyl (C=O) groups is 1. The van der Waals surface area contributed by atoms with Gasteiger partial charge in [-0.25, -0.2) is 4.79 Å². The number of halogens is 5. The van der Waals surface area contributed by atoms with Crippen molar-refractivity contribution in [1.29, 1.82) is 0 Å². The van der Waals surface area contributed by atoms with Crippen LogP contribution in [0.15, 0.2) is 103 Å². The molecule has 0 heterocycles. The highest BCUT2D eigenvalue weighted by Crippen LogP contribution is 2.33. The van der Waals surface area contributed by atoms with Gasteiger partial charge in [-0.1, -0.05) is 43.3 Å². The van der Waals surface area contributed by atoms with Gasteiger partial charge in [-0.3, -0.25) is 0 Å². The summed E-state index contributed by atoms with van der Waals surface area (Å²) in [5.41, 5.74) is 14.7. The summed E-state index contributed by atoms with van der Waals surface area (Å²) in [7, 11) is 0. The van der Waals surface area contributed by atoms with Crippen molar-refractivity contribution in [2.45, 2.75) is 38.5 Å². The molecule has 0 aliphatic rings. The van der Waals surface area contributed by atoms with Crippen LogP contribution in [0.5, 0.6) is 11.5 Å². The Balaban J connectivity index is 1.32. The highest BCUT2D eigenvalue weighted by molar-refractivity contribution is 5.87. The molecular formula is C36H35F5N2O4. The second-order valence-electron chi connectivity index (χ2n) is 11.5. The molecule has 248 valence electrons. The van der Waals surface area contributed by atoms with Crippen LogP contribution in [-0.2, 0) is 28.5 Å². The SMILES string of the molecule is CC(COC(=O)/C=C/c1ccc(OC(F)(F)c2ccc(OCCC(F)(F)F)cc2)cc1)(Cc1ccc(N)cc1)Cc1ccc(N)cc1. The Morgan fingerprint density at radius 2 is 1.23 bits per heavy atom. The van der Waals surface area contributed by atoms with E-state index in [0.29, 0.717) is 29.8 Å². The molecule has 0 aliphatic heterocycles. The quantitative estimate of drug-likeness (QED) is 0.0614. The molecule has 4 N–H and O–H groups in total. The zero-order valence-corrected chi connectivity index (χ0v) is 25.6. The predicted octanol–water partition coefficient (Wildman–Crippen LogP) is 8.36. The van der Waals surface area contributed by atoms with Gasteiger partial charge in [0.15, 0.2) is 0 Å². The second kappa shape index (κ2) is 15.0. The number of rotatable bonds is 14. The Kier molecular flexibility index (Phi) is 11.1. The van der Waals surface area contributed by atoms with E-state index in [0.717, 1.165) is 35.4 Å². The standard InChI is InChI=1S/C36H35F5N2O4/c1-34(22-26-2-11-29(42)12-3-26,23-27-4-13-30(43)14-5-27)24-46-33(44)19-8-25-6-15-32(16-7-25)47-36(40,41)28-9-17-31(18-10-28)45-21-20-35(37,38)39/h2-19H,20-24,42-43H2,1H3/b19-8+. The molecule has 4 aromatic carbocycles. The first-order valence-corrected chi connectivity index (χ1v) is 14.7. The van der Waals surface area contributed by atoms with Crippen molar-refractivity contribution in [3.05, 3.63) is 125 Å². The maximum atomic E-state index is 14.7. The normalized spacial score (nSPS) is 12.2. The maximum Gasteiger partial charge on any atom is 0.426 e. The number of carbonyl (C=O) groups excluding carboxylic acids is 1. The smallest absolute Gasteiger partial charge is 0.426 e. The average molecular weight is 655 g/mol. The van der Waals surface area contributed by atoms with Gasteiger partial charge >= 0.3 is 18.3 Å². The molecule has 0 spiro atoms. The number of esters is 1. The molecule has 0 fully saturated rings. The number of nitrogen functional groups attached to an aromatic ring is 2. The van der Waals surface area contributed by atoms with Crippen LogP contribution in [0.1, 0.15) is 35.6 Å². The fourth-order valence-corrected chi connectivity index (χ4v) is 4.76. The van der Waals surface area contributed by atoms with Crippen molar-refractivity contribution >= 4 is 23.4 Å². The fraction of sp³-hybridized carbons (Fsp3) is 0.250. The fourth-order valence-electron chi connectivity index (χ4n) is 4.76. The highest BCUT2D eigenvalue weighted by Gasteiger charge is 2.34. The first-order chi connectivity index (χ1) is 22.2. The molecule has 47 heavy (non-hydrogen) atoms. The molecule has 11 heteroatoms. The number of hydrogen-bond acceptors (Lipinski definition) is 6. The summed E-state index contributed by atoms with van der Waals surface area (Å²) in [6.07, 6.45) is -5.25. The Labute approximate surface area is 269 Å². The lowest BCUT2D eigenvalue weighted by Crippen LogP contribution is -2.30. The lowest BCUT2D eigenvalue weighted by molar-refractivity contribution is -0.185. The van der Waals surface area contributed by atoms with E-state index in [-0.39, 0.29) is 18.1 Å². The van der Waals surface area contributed by atoms with Crippen molar-refractivity contribution in [3.8, 4) is 11.5 Å². The Morgan fingerprint density at radius 1 is 0.723 bits per heavy atom. The van der Waals surface area contributed by atoms with E-state index in [9.17, 15) is 26.7 Å². The summed E-state index contributed by atoms with van der Waals surface area (Å²) >= 11 is 0. The van der Waals surface area contributed by atoms with Gasteiger partial charge in [-0.05, 0) is 96.3 Å². The first kappa shape index (κ1) is 34.8. The molecule has 0 amide bonds. The van der Waals surface area contributed by atoms with E-state index in [2.05, 4.69) is 0 Å². The van der Waals surface area contributed by atoms with Crippen molar-refractivity contribution < 1.29 is 41.0 Å². The molecule has 0 saturated heterocycles. The molecule has 4 aromatic rings. The monoisotopic (exact) mass is 654 g/mol. The van der Waals surface area contributed by atoms with Crippen LogP contribution >= 0.6 is 0 Å². The molecule has 0 unspecified atom stereocenters. The van der Waals surface area contributed by atoms with E-state index < -0.39 is 42.3 Å². The van der Waals surface area contributed by atoms with Crippen LogP contribution in [0.25, 0.3) is 6.08 Å². The van der Waals surface area contributed by atoms with Gasteiger partial charge in [0.2, 0.25) is 0 Å².